The van der Waals surface area contributed by atoms with Gasteiger partial charge in [-0.25, -0.2) is 9.59 Å². The minimum Gasteiger partial charge on any atom is -0.478 e. The van der Waals surface area contributed by atoms with Crippen LogP contribution in [0, 0.1) is 0 Å². The van der Waals surface area contributed by atoms with Crippen LogP contribution in [-0.4, -0.2) is 22.2 Å². The molecule has 0 heterocycles. The molecule has 0 fully saturated rings. The molecular formula is C16H8F6N2O4. The predicted molar refractivity (Wildman–Crippen MR) is 81.0 cm³/mol. The molecule has 2 rings (SSSR count). The molecule has 148 valence electrons. The Morgan fingerprint density at radius 3 is 1.25 bits per heavy atom. The summed E-state index contributed by atoms with van der Waals surface area (Å²) in [4.78, 5) is 21.7. The number of carboxylic acids is 2. The zero-order valence-corrected chi connectivity index (χ0v) is 13.3. The Kier molecular flexibility index (Phi) is 5.43. The summed E-state index contributed by atoms with van der Waals surface area (Å²) >= 11 is 0. The molecule has 6 nitrogen and oxygen atoms in total. The van der Waals surface area contributed by atoms with Crippen molar-refractivity contribution in [2.75, 3.05) is 0 Å². The monoisotopic (exact) mass is 406 g/mol. The van der Waals surface area contributed by atoms with Gasteiger partial charge in [0.25, 0.3) is 0 Å². The predicted octanol–water partition coefficient (Wildman–Crippen LogP) is 5.54. The smallest absolute Gasteiger partial charge is 0.417 e. The summed E-state index contributed by atoms with van der Waals surface area (Å²) in [6, 6.07) is 3.80. The molecule has 2 aromatic carbocycles. The lowest BCUT2D eigenvalue weighted by Crippen LogP contribution is -2.12. The molecule has 0 bridgehead atoms. The Morgan fingerprint density at radius 1 is 0.679 bits per heavy atom. The van der Waals surface area contributed by atoms with E-state index in [9.17, 15) is 35.9 Å². The molecule has 0 saturated carbocycles. The van der Waals surface area contributed by atoms with Crippen molar-refractivity contribution in [3.63, 3.8) is 0 Å². The van der Waals surface area contributed by atoms with Crippen molar-refractivity contribution < 1.29 is 46.1 Å². The highest BCUT2D eigenvalue weighted by Crippen LogP contribution is 2.36. The summed E-state index contributed by atoms with van der Waals surface area (Å²) in [5, 5.41) is 24.3. The lowest BCUT2D eigenvalue weighted by atomic mass is 10.1. The minimum absolute atomic E-state index is 0.378. The van der Waals surface area contributed by atoms with E-state index in [1.54, 1.807) is 0 Å². The second kappa shape index (κ2) is 7.29. The molecule has 0 aromatic heterocycles. The van der Waals surface area contributed by atoms with Gasteiger partial charge in [-0.15, -0.1) is 0 Å². The molecular weight excluding hydrogens is 398 g/mol. The minimum atomic E-state index is -5.01. The topological polar surface area (TPSA) is 99.3 Å². The number of rotatable bonds is 4. The lowest BCUT2D eigenvalue weighted by molar-refractivity contribution is -0.138. The number of halogens is 6. The van der Waals surface area contributed by atoms with E-state index >= 15 is 0 Å². The number of aromatic carboxylic acids is 2. The number of carboxylic acid groups (broad SMARTS) is 2. The first kappa shape index (κ1) is 20.9. The van der Waals surface area contributed by atoms with Gasteiger partial charge in [0.05, 0.1) is 33.6 Å². The van der Waals surface area contributed by atoms with Gasteiger partial charge in [-0.1, -0.05) is 0 Å². The molecule has 0 aliphatic carbocycles. The first-order chi connectivity index (χ1) is 12.8. The maximum Gasteiger partial charge on any atom is 0.417 e. The van der Waals surface area contributed by atoms with Crippen LogP contribution < -0.4 is 0 Å². The van der Waals surface area contributed by atoms with E-state index in [1.165, 1.54) is 0 Å². The van der Waals surface area contributed by atoms with Crippen LogP contribution in [0.2, 0.25) is 0 Å². The van der Waals surface area contributed by atoms with Gasteiger partial charge in [-0.05, 0) is 36.4 Å². The van der Waals surface area contributed by atoms with Crippen molar-refractivity contribution in [3.05, 3.63) is 58.7 Å². The van der Waals surface area contributed by atoms with Crippen LogP contribution in [0.3, 0.4) is 0 Å². The van der Waals surface area contributed by atoms with Crippen LogP contribution >= 0.6 is 0 Å². The van der Waals surface area contributed by atoms with Gasteiger partial charge >= 0.3 is 24.3 Å². The van der Waals surface area contributed by atoms with E-state index in [-0.39, 0.29) is 0 Å². The molecule has 0 amide bonds. The standard InChI is InChI=1S/C16H8F6N2O4/c17-15(18,19)11-5-7(1-3-9(11)13(25)26)23-24-8-2-4-10(14(27)28)12(6-8)16(20,21)22/h1-6H,(H,25,26)(H,27,28). The van der Waals surface area contributed by atoms with Crippen LogP contribution in [0.1, 0.15) is 31.8 Å². The molecule has 0 spiro atoms. The van der Waals surface area contributed by atoms with E-state index in [0.717, 1.165) is 12.1 Å². The number of alkyl halides is 6. The maximum atomic E-state index is 12.9. The third kappa shape index (κ3) is 4.64. The number of benzene rings is 2. The Hall–Kier alpha value is -3.44. The first-order valence-corrected chi connectivity index (χ1v) is 7.11. The fraction of sp³-hybridized carbons (Fsp3) is 0.125. The van der Waals surface area contributed by atoms with Gasteiger partial charge in [-0.2, -0.15) is 36.6 Å². The molecule has 0 saturated heterocycles. The summed E-state index contributed by atoms with van der Waals surface area (Å²) in [6.45, 7) is 0. The molecule has 2 aromatic rings. The Labute approximate surface area is 151 Å². The lowest BCUT2D eigenvalue weighted by Gasteiger charge is -2.11. The van der Waals surface area contributed by atoms with Gasteiger partial charge in [-0.3, -0.25) is 0 Å². The fourth-order valence-corrected chi connectivity index (χ4v) is 2.15. The fourth-order valence-electron chi connectivity index (χ4n) is 2.15. The zero-order chi connectivity index (χ0) is 21.3. The molecule has 28 heavy (non-hydrogen) atoms. The normalized spacial score (nSPS) is 12.4. The van der Waals surface area contributed by atoms with E-state index in [1.807, 2.05) is 0 Å². The quantitative estimate of drug-likeness (QED) is 0.515. The molecule has 0 unspecified atom stereocenters. The van der Waals surface area contributed by atoms with Crippen LogP contribution in [0.4, 0.5) is 37.7 Å². The maximum absolute atomic E-state index is 12.9. The second-order valence-corrected chi connectivity index (χ2v) is 5.27. The van der Waals surface area contributed by atoms with Crippen molar-refractivity contribution in [1.29, 1.82) is 0 Å². The third-order valence-electron chi connectivity index (χ3n) is 3.36. The van der Waals surface area contributed by atoms with E-state index in [0.29, 0.717) is 24.3 Å². The summed E-state index contributed by atoms with van der Waals surface area (Å²) < 4.78 is 77.6. The van der Waals surface area contributed by atoms with Crippen LogP contribution in [0.25, 0.3) is 0 Å². The van der Waals surface area contributed by atoms with Gasteiger partial charge < -0.3 is 10.2 Å². The molecule has 0 aliphatic rings. The molecule has 0 radical (unpaired) electrons. The number of hydrogen-bond donors (Lipinski definition) is 2. The first-order valence-electron chi connectivity index (χ1n) is 7.11. The van der Waals surface area contributed by atoms with Crippen LogP contribution in [-0.2, 0) is 12.4 Å². The van der Waals surface area contributed by atoms with Crippen molar-refractivity contribution in [3.8, 4) is 0 Å². The number of hydrogen-bond acceptors (Lipinski definition) is 4. The highest BCUT2D eigenvalue weighted by molar-refractivity contribution is 5.90. The SMILES string of the molecule is O=C(O)c1ccc(N=Nc2ccc(C(=O)O)c(C(F)(F)F)c2)cc1C(F)(F)F. The van der Waals surface area contributed by atoms with Crippen molar-refractivity contribution >= 4 is 23.3 Å². The highest BCUT2D eigenvalue weighted by Gasteiger charge is 2.36. The summed E-state index contributed by atoms with van der Waals surface area (Å²) in [5.74, 6) is -3.65. The summed E-state index contributed by atoms with van der Waals surface area (Å²) in [5.41, 5.74) is -6.00. The Bertz CT molecular complexity index is 889. The largest absolute Gasteiger partial charge is 0.478 e. The van der Waals surface area contributed by atoms with Crippen molar-refractivity contribution in [2.24, 2.45) is 10.2 Å². The van der Waals surface area contributed by atoms with Gasteiger partial charge in [0, 0.05) is 0 Å². The average Bonchev–Trinajstić information content (AvgIpc) is 2.57. The third-order valence-corrected chi connectivity index (χ3v) is 3.36. The van der Waals surface area contributed by atoms with Gasteiger partial charge in [0.2, 0.25) is 0 Å². The average molecular weight is 406 g/mol. The number of azo groups is 1. The van der Waals surface area contributed by atoms with E-state index < -0.39 is 57.9 Å². The van der Waals surface area contributed by atoms with Crippen molar-refractivity contribution in [2.45, 2.75) is 12.4 Å². The highest BCUT2D eigenvalue weighted by atomic mass is 19.4. The Balaban J connectivity index is 2.46. The number of carbonyl (C=O) groups is 2. The summed E-state index contributed by atoms with van der Waals surface area (Å²) in [6.07, 6.45) is -10.0. The van der Waals surface area contributed by atoms with E-state index in [4.69, 9.17) is 10.2 Å². The van der Waals surface area contributed by atoms with Crippen LogP contribution in [0.15, 0.2) is 46.6 Å². The van der Waals surface area contributed by atoms with E-state index in [2.05, 4.69) is 10.2 Å². The molecule has 2 N–H and O–H groups in total. The number of nitrogens with zero attached hydrogens (tertiary/aromatic N) is 2. The second-order valence-electron chi connectivity index (χ2n) is 5.27. The van der Waals surface area contributed by atoms with Crippen LogP contribution in [0.5, 0.6) is 0 Å². The van der Waals surface area contributed by atoms with Gasteiger partial charge in [0.1, 0.15) is 0 Å². The summed E-state index contributed by atoms with van der Waals surface area (Å²) in [7, 11) is 0. The zero-order valence-electron chi connectivity index (χ0n) is 13.3. The Morgan fingerprint density at radius 2 is 1.00 bits per heavy atom. The molecule has 0 atom stereocenters. The molecule has 12 heteroatoms. The van der Waals surface area contributed by atoms with Gasteiger partial charge in [0.15, 0.2) is 0 Å². The van der Waals surface area contributed by atoms with Crippen molar-refractivity contribution in [1.82, 2.24) is 0 Å². The molecule has 0 aliphatic heterocycles.